The highest BCUT2D eigenvalue weighted by Gasteiger charge is 2.45. The molecule has 0 aromatic heterocycles. The third-order valence-electron chi connectivity index (χ3n) is 4.24. The molecule has 2 fully saturated rings. The third kappa shape index (κ3) is 3.04. The number of hydrogen-bond acceptors (Lipinski definition) is 2. The molecule has 0 aromatic rings. The second-order valence-corrected chi connectivity index (χ2v) is 5.73. The fraction of sp³-hybridized carbons (Fsp3) is 0.846. The van der Waals surface area contributed by atoms with E-state index in [9.17, 15) is 23.5 Å². The number of nitrogens with one attached hydrogen (secondary N) is 1. The van der Waals surface area contributed by atoms with E-state index in [-0.39, 0.29) is 6.42 Å². The van der Waals surface area contributed by atoms with Crippen molar-refractivity contribution in [2.45, 2.75) is 62.8 Å². The van der Waals surface area contributed by atoms with Crippen LogP contribution in [0.3, 0.4) is 0 Å². The van der Waals surface area contributed by atoms with Crippen LogP contribution in [-0.4, -0.2) is 28.4 Å². The number of carboxylic acids is 1. The monoisotopic (exact) mass is 275 g/mol. The molecule has 2 rings (SSSR count). The lowest BCUT2D eigenvalue weighted by Gasteiger charge is -2.32. The summed E-state index contributed by atoms with van der Waals surface area (Å²) >= 11 is 0. The van der Waals surface area contributed by atoms with Crippen molar-refractivity contribution in [3.63, 3.8) is 0 Å². The second-order valence-electron chi connectivity index (χ2n) is 5.73. The molecule has 108 valence electrons. The second kappa shape index (κ2) is 5.06. The molecule has 0 heterocycles. The van der Waals surface area contributed by atoms with Gasteiger partial charge in [-0.1, -0.05) is 12.8 Å². The molecule has 0 spiro atoms. The molecule has 1 unspecified atom stereocenters. The highest BCUT2D eigenvalue weighted by Crippen LogP contribution is 2.37. The number of alkyl halides is 2. The van der Waals surface area contributed by atoms with Crippen LogP contribution in [0.5, 0.6) is 0 Å². The van der Waals surface area contributed by atoms with Crippen LogP contribution >= 0.6 is 0 Å². The average Bonchev–Trinajstić information content (AvgIpc) is 2.77. The number of halogens is 2. The maximum atomic E-state index is 13.3. The van der Waals surface area contributed by atoms with Gasteiger partial charge in [0.05, 0.1) is 0 Å². The van der Waals surface area contributed by atoms with Crippen LogP contribution in [0.25, 0.3) is 0 Å². The Balaban J connectivity index is 2.02. The molecule has 0 bridgehead atoms. The first-order chi connectivity index (χ1) is 8.85. The molecule has 0 saturated heterocycles. The Morgan fingerprint density at radius 1 is 1.11 bits per heavy atom. The first-order valence-corrected chi connectivity index (χ1v) is 6.78. The summed E-state index contributed by atoms with van der Waals surface area (Å²) < 4.78 is 26.6. The molecule has 0 aromatic carbocycles. The molecule has 2 aliphatic rings. The Labute approximate surface area is 110 Å². The Morgan fingerprint density at radius 2 is 1.74 bits per heavy atom. The minimum absolute atomic E-state index is 0.180. The molecular formula is C13H19F2NO3. The molecule has 2 N–H and O–H groups in total. The maximum Gasteiger partial charge on any atom is 0.329 e. The molecular weight excluding hydrogens is 256 g/mol. The summed E-state index contributed by atoms with van der Waals surface area (Å²) in [6.45, 7) is 0. The molecule has 0 aliphatic heterocycles. The minimum Gasteiger partial charge on any atom is -0.480 e. The SMILES string of the molecule is O=C(NC1(C(=O)O)CCCC1)C1CCCC(F)(F)C1. The van der Waals surface area contributed by atoms with Crippen LogP contribution in [0.4, 0.5) is 8.78 Å². The normalized spacial score (nSPS) is 28.8. The summed E-state index contributed by atoms with van der Waals surface area (Å²) in [5.74, 6) is -5.14. The highest BCUT2D eigenvalue weighted by atomic mass is 19.3. The Hall–Kier alpha value is -1.20. The van der Waals surface area contributed by atoms with Crippen molar-refractivity contribution in [1.82, 2.24) is 5.32 Å². The van der Waals surface area contributed by atoms with Crippen LogP contribution in [0.2, 0.25) is 0 Å². The van der Waals surface area contributed by atoms with Gasteiger partial charge in [0.2, 0.25) is 11.8 Å². The van der Waals surface area contributed by atoms with E-state index in [0.29, 0.717) is 25.7 Å². The van der Waals surface area contributed by atoms with Gasteiger partial charge in [-0.25, -0.2) is 13.6 Å². The number of carboxylic acid groups (broad SMARTS) is 1. The Bertz CT molecular complexity index is 378. The highest BCUT2D eigenvalue weighted by molar-refractivity contribution is 5.88. The first-order valence-electron chi connectivity index (χ1n) is 6.78. The summed E-state index contributed by atoms with van der Waals surface area (Å²) in [6, 6.07) is 0. The molecule has 6 heteroatoms. The van der Waals surface area contributed by atoms with Crippen molar-refractivity contribution in [3.05, 3.63) is 0 Å². The van der Waals surface area contributed by atoms with Gasteiger partial charge in [-0.3, -0.25) is 4.79 Å². The number of aliphatic carboxylic acids is 1. The van der Waals surface area contributed by atoms with Gasteiger partial charge < -0.3 is 10.4 Å². The number of amides is 1. The smallest absolute Gasteiger partial charge is 0.329 e. The maximum absolute atomic E-state index is 13.3. The van der Waals surface area contributed by atoms with Crippen molar-refractivity contribution in [1.29, 1.82) is 0 Å². The third-order valence-corrected chi connectivity index (χ3v) is 4.24. The number of carbonyl (C=O) groups excluding carboxylic acids is 1. The zero-order valence-electron chi connectivity index (χ0n) is 10.8. The minimum atomic E-state index is -2.80. The molecule has 1 amide bonds. The molecule has 19 heavy (non-hydrogen) atoms. The van der Waals surface area contributed by atoms with Crippen molar-refractivity contribution >= 4 is 11.9 Å². The van der Waals surface area contributed by atoms with Crippen LogP contribution in [-0.2, 0) is 9.59 Å². The molecule has 4 nitrogen and oxygen atoms in total. The van der Waals surface area contributed by atoms with Gasteiger partial charge in [0.25, 0.3) is 0 Å². The van der Waals surface area contributed by atoms with E-state index >= 15 is 0 Å². The van der Waals surface area contributed by atoms with Crippen molar-refractivity contribution in [3.8, 4) is 0 Å². The summed E-state index contributed by atoms with van der Waals surface area (Å²) in [6.07, 6.45) is 2.34. The Morgan fingerprint density at radius 3 is 2.26 bits per heavy atom. The predicted octanol–water partition coefficient (Wildman–Crippen LogP) is 2.33. The number of hydrogen-bond donors (Lipinski definition) is 2. The van der Waals surface area contributed by atoms with Gasteiger partial charge in [0, 0.05) is 18.8 Å². The van der Waals surface area contributed by atoms with Crippen LogP contribution in [0, 0.1) is 5.92 Å². The molecule has 2 saturated carbocycles. The van der Waals surface area contributed by atoms with Gasteiger partial charge in [-0.2, -0.15) is 0 Å². The van der Waals surface area contributed by atoms with Crippen molar-refractivity contribution < 1.29 is 23.5 Å². The van der Waals surface area contributed by atoms with Gasteiger partial charge in [-0.05, 0) is 25.7 Å². The number of rotatable bonds is 3. The lowest BCUT2D eigenvalue weighted by molar-refractivity contribution is -0.149. The largest absolute Gasteiger partial charge is 0.480 e. The van der Waals surface area contributed by atoms with E-state index in [0.717, 1.165) is 12.8 Å². The predicted molar refractivity (Wildman–Crippen MR) is 63.9 cm³/mol. The van der Waals surface area contributed by atoms with Crippen molar-refractivity contribution in [2.24, 2.45) is 5.92 Å². The van der Waals surface area contributed by atoms with Crippen LogP contribution in [0.15, 0.2) is 0 Å². The first kappa shape index (κ1) is 14.2. The van der Waals surface area contributed by atoms with Gasteiger partial charge in [-0.15, -0.1) is 0 Å². The topological polar surface area (TPSA) is 66.4 Å². The molecule has 2 aliphatic carbocycles. The molecule has 0 radical (unpaired) electrons. The van der Waals surface area contributed by atoms with E-state index in [1.54, 1.807) is 0 Å². The fourth-order valence-corrected chi connectivity index (χ4v) is 3.10. The Kier molecular flexibility index (Phi) is 3.78. The average molecular weight is 275 g/mol. The van der Waals surface area contributed by atoms with E-state index < -0.39 is 35.7 Å². The standard InChI is InChI=1S/C13H19F2NO3/c14-13(15)7-3-4-9(8-13)10(17)16-12(11(18)19)5-1-2-6-12/h9H,1-8H2,(H,16,17)(H,18,19). The zero-order valence-corrected chi connectivity index (χ0v) is 10.8. The van der Waals surface area contributed by atoms with Gasteiger partial charge in [0.1, 0.15) is 5.54 Å². The van der Waals surface area contributed by atoms with Gasteiger partial charge in [0.15, 0.2) is 0 Å². The zero-order chi connectivity index (χ0) is 14.1. The quantitative estimate of drug-likeness (QED) is 0.830. The molecule has 1 atom stereocenters. The van der Waals surface area contributed by atoms with E-state index in [2.05, 4.69) is 5.32 Å². The van der Waals surface area contributed by atoms with E-state index in [1.165, 1.54) is 0 Å². The van der Waals surface area contributed by atoms with Crippen LogP contribution in [0.1, 0.15) is 51.4 Å². The summed E-state index contributed by atoms with van der Waals surface area (Å²) in [5, 5.41) is 11.8. The summed E-state index contributed by atoms with van der Waals surface area (Å²) in [4.78, 5) is 23.4. The van der Waals surface area contributed by atoms with Gasteiger partial charge >= 0.3 is 5.97 Å². The number of carbonyl (C=O) groups is 2. The van der Waals surface area contributed by atoms with Crippen LogP contribution < -0.4 is 5.32 Å². The van der Waals surface area contributed by atoms with E-state index in [4.69, 9.17) is 0 Å². The van der Waals surface area contributed by atoms with E-state index in [1.807, 2.05) is 0 Å². The van der Waals surface area contributed by atoms with Crippen molar-refractivity contribution in [2.75, 3.05) is 0 Å². The lowest BCUT2D eigenvalue weighted by Crippen LogP contribution is -2.54. The lowest BCUT2D eigenvalue weighted by atomic mass is 9.85. The fourth-order valence-electron chi connectivity index (χ4n) is 3.10. The summed E-state index contributed by atoms with van der Waals surface area (Å²) in [7, 11) is 0. The summed E-state index contributed by atoms with van der Waals surface area (Å²) in [5.41, 5.74) is -1.23.